The second-order valence-corrected chi connectivity index (χ2v) is 14.8. The fourth-order valence-electron chi connectivity index (χ4n) is 7.72. The summed E-state index contributed by atoms with van der Waals surface area (Å²) in [6.07, 6.45) is -2.90. The minimum atomic E-state index is -4.26. The van der Waals surface area contributed by atoms with Gasteiger partial charge in [0.1, 0.15) is 13.2 Å². The largest absolute Gasteiger partial charge is 0.461 e. The van der Waals surface area contributed by atoms with Crippen LogP contribution in [0.15, 0.2) is 110 Å². The number of fused-ring (bicyclic) bond motifs is 3. The predicted octanol–water partition coefficient (Wildman–Crippen LogP) is 11.2. The van der Waals surface area contributed by atoms with Gasteiger partial charge in [-0.2, -0.15) is 13.2 Å². The number of benzene rings is 6. The molecule has 6 aromatic rings. The van der Waals surface area contributed by atoms with Crippen LogP contribution in [0.4, 0.5) is 13.2 Å². The Labute approximate surface area is 300 Å². The zero-order valence-corrected chi connectivity index (χ0v) is 29.5. The molecule has 1 aliphatic carbocycles. The summed E-state index contributed by atoms with van der Waals surface area (Å²) in [7, 11) is 0. The monoisotopic (exact) mass is 700 g/mol. The van der Waals surface area contributed by atoms with E-state index in [0.29, 0.717) is 11.1 Å². The summed E-state index contributed by atoms with van der Waals surface area (Å²) in [4.78, 5) is 25.1. The first-order valence-electron chi connectivity index (χ1n) is 17.4. The molecule has 0 heterocycles. The van der Waals surface area contributed by atoms with E-state index < -0.39 is 30.0 Å². The molecule has 0 saturated carbocycles. The van der Waals surface area contributed by atoms with E-state index in [1.807, 2.05) is 24.3 Å². The minimum Gasteiger partial charge on any atom is -0.461 e. The van der Waals surface area contributed by atoms with Gasteiger partial charge < -0.3 is 9.47 Å². The minimum absolute atomic E-state index is 0.00602. The van der Waals surface area contributed by atoms with Crippen molar-refractivity contribution in [3.05, 3.63) is 132 Å². The summed E-state index contributed by atoms with van der Waals surface area (Å²) in [5.41, 5.74) is 5.91. The van der Waals surface area contributed by atoms with Gasteiger partial charge in [-0.05, 0) is 101 Å². The number of ether oxygens (including phenoxy) is 2. The lowest BCUT2D eigenvalue weighted by Gasteiger charge is -2.31. The van der Waals surface area contributed by atoms with Crippen molar-refractivity contribution in [3.8, 4) is 22.3 Å². The van der Waals surface area contributed by atoms with Crippen LogP contribution in [-0.2, 0) is 36.3 Å². The topological polar surface area (TPSA) is 52.6 Å². The summed E-state index contributed by atoms with van der Waals surface area (Å²) < 4.78 is 50.6. The van der Waals surface area contributed by atoms with Gasteiger partial charge in [0.15, 0.2) is 0 Å². The standard InChI is InChI=1S/C45H39F3O4/c1-6-39(49)51-25-44(26-52-40(50)7-2)37-21-27(9-8-20-45(46,47)48)10-16-34(37)35-18-14-29(24-38(35)44)33-17-13-28-11-12-30-22-32(43(3,4)5)23-31-15-19-36(33)42(28)41(30)31/h6-7,10-19,21-24H,1-2,8-9,20,25-26H2,3-5H3. The number of hydrogen-bond donors (Lipinski definition) is 0. The van der Waals surface area contributed by atoms with E-state index in [1.54, 1.807) is 0 Å². The van der Waals surface area contributed by atoms with E-state index in [9.17, 15) is 22.8 Å². The third-order valence-electron chi connectivity index (χ3n) is 10.4. The molecule has 264 valence electrons. The maximum atomic E-state index is 13.0. The molecule has 0 unspecified atom stereocenters. The van der Waals surface area contributed by atoms with E-state index in [1.165, 1.54) is 27.1 Å². The summed E-state index contributed by atoms with van der Waals surface area (Å²) in [5.74, 6) is -1.30. The Morgan fingerprint density at radius 3 is 1.87 bits per heavy atom. The highest BCUT2D eigenvalue weighted by atomic mass is 19.4. The number of halogens is 3. The number of esters is 2. The average molecular weight is 701 g/mol. The Balaban J connectivity index is 1.41. The highest BCUT2D eigenvalue weighted by Crippen LogP contribution is 2.52. The summed E-state index contributed by atoms with van der Waals surface area (Å²) in [5, 5.41) is 6.96. The van der Waals surface area contributed by atoms with Crippen molar-refractivity contribution >= 4 is 44.3 Å². The van der Waals surface area contributed by atoms with E-state index in [2.05, 4.69) is 94.6 Å². The van der Waals surface area contributed by atoms with Crippen molar-refractivity contribution in [1.82, 2.24) is 0 Å². The summed E-state index contributed by atoms with van der Waals surface area (Å²) in [6.45, 7) is 13.4. The van der Waals surface area contributed by atoms with Crippen molar-refractivity contribution in [2.45, 2.75) is 57.0 Å². The van der Waals surface area contributed by atoms with Crippen LogP contribution in [0.5, 0.6) is 0 Å². The molecule has 0 fully saturated rings. The zero-order valence-electron chi connectivity index (χ0n) is 29.5. The molecule has 0 radical (unpaired) electrons. The number of rotatable bonds is 10. The number of aryl methyl sites for hydroxylation is 1. The SMILES string of the molecule is C=CC(=O)OCC1(COC(=O)C=C)c2cc(CCCC(F)(F)F)ccc2-c2ccc(-c3ccc4ccc5cc(C(C)(C)C)cc6ccc3c4c56)cc21. The van der Waals surface area contributed by atoms with E-state index in [4.69, 9.17) is 9.47 Å². The fourth-order valence-corrected chi connectivity index (χ4v) is 7.72. The Morgan fingerprint density at radius 1 is 0.692 bits per heavy atom. The van der Waals surface area contributed by atoms with Gasteiger partial charge in [-0.1, -0.05) is 113 Å². The number of alkyl halides is 3. The van der Waals surface area contributed by atoms with E-state index in [-0.39, 0.29) is 31.5 Å². The second-order valence-electron chi connectivity index (χ2n) is 14.8. The maximum absolute atomic E-state index is 13.0. The second kappa shape index (κ2) is 13.0. The van der Waals surface area contributed by atoms with Gasteiger partial charge >= 0.3 is 18.1 Å². The van der Waals surface area contributed by atoms with Crippen molar-refractivity contribution in [2.75, 3.05) is 13.2 Å². The third kappa shape index (κ3) is 6.23. The van der Waals surface area contributed by atoms with E-state index >= 15 is 0 Å². The van der Waals surface area contributed by atoms with Crippen LogP contribution >= 0.6 is 0 Å². The van der Waals surface area contributed by atoms with Gasteiger partial charge in [0.2, 0.25) is 0 Å². The van der Waals surface area contributed by atoms with Crippen molar-refractivity contribution in [2.24, 2.45) is 0 Å². The Bertz CT molecular complexity index is 2350. The molecular weight excluding hydrogens is 661 g/mol. The van der Waals surface area contributed by atoms with Crippen LogP contribution in [0, 0.1) is 0 Å². The summed E-state index contributed by atoms with van der Waals surface area (Å²) >= 11 is 0. The highest BCUT2D eigenvalue weighted by molar-refractivity contribution is 6.25. The molecule has 7 heteroatoms. The van der Waals surface area contributed by atoms with Gasteiger partial charge in [-0.25, -0.2) is 9.59 Å². The van der Waals surface area contributed by atoms with Crippen LogP contribution in [-0.4, -0.2) is 31.3 Å². The Hall–Kier alpha value is -5.43. The molecule has 0 spiro atoms. The summed E-state index contributed by atoms with van der Waals surface area (Å²) in [6, 6.07) is 29.2. The normalized spacial score (nSPS) is 13.7. The van der Waals surface area contributed by atoms with Crippen LogP contribution in [0.3, 0.4) is 0 Å². The van der Waals surface area contributed by atoms with Gasteiger partial charge in [-0.3, -0.25) is 0 Å². The first-order chi connectivity index (χ1) is 24.7. The Kier molecular flexibility index (Phi) is 8.72. The molecule has 0 saturated heterocycles. The lowest BCUT2D eigenvalue weighted by Crippen LogP contribution is -2.38. The van der Waals surface area contributed by atoms with Crippen LogP contribution in [0.25, 0.3) is 54.6 Å². The van der Waals surface area contributed by atoms with E-state index in [0.717, 1.165) is 50.7 Å². The predicted molar refractivity (Wildman–Crippen MR) is 202 cm³/mol. The average Bonchev–Trinajstić information content (AvgIpc) is 3.38. The molecule has 4 nitrogen and oxygen atoms in total. The van der Waals surface area contributed by atoms with Crippen LogP contribution in [0.1, 0.15) is 55.9 Å². The lowest BCUT2D eigenvalue weighted by molar-refractivity contribution is -0.143. The third-order valence-corrected chi connectivity index (χ3v) is 10.4. The van der Waals surface area contributed by atoms with Gasteiger partial charge in [-0.15, -0.1) is 0 Å². The number of hydrogen-bond acceptors (Lipinski definition) is 4. The molecule has 0 atom stereocenters. The molecule has 0 aliphatic heterocycles. The van der Waals surface area contributed by atoms with Crippen LogP contribution in [0.2, 0.25) is 0 Å². The molecule has 0 N–H and O–H groups in total. The van der Waals surface area contributed by atoms with Crippen LogP contribution < -0.4 is 0 Å². The molecule has 1 aliphatic rings. The first-order valence-corrected chi connectivity index (χ1v) is 17.4. The molecule has 0 bridgehead atoms. The zero-order chi connectivity index (χ0) is 37.0. The Morgan fingerprint density at radius 2 is 1.25 bits per heavy atom. The van der Waals surface area contributed by atoms with Crippen molar-refractivity contribution in [1.29, 1.82) is 0 Å². The first kappa shape index (κ1) is 35.0. The molecule has 0 aromatic heterocycles. The van der Waals surface area contributed by atoms with Crippen molar-refractivity contribution < 1.29 is 32.2 Å². The number of carbonyl (C=O) groups is 2. The van der Waals surface area contributed by atoms with Gasteiger partial charge in [0.25, 0.3) is 0 Å². The van der Waals surface area contributed by atoms with Gasteiger partial charge in [0, 0.05) is 18.6 Å². The number of carbonyl (C=O) groups excluding carboxylic acids is 2. The van der Waals surface area contributed by atoms with Gasteiger partial charge in [0.05, 0.1) is 5.41 Å². The molecule has 7 rings (SSSR count). The highest BCUT2D eigenvalue weighted by Gasteiger charge is 2.46. The fraction of sp³-hybridized carbons (Fsp3) is 0.244. The molecule has 52 heavy (non-hydrogen) atoms. The molecule has 0 amide bonds. The molecule has 6 aromatic carbocycles. The maximum Gasteiger partial charge on any atom is 0.389 e. The molecular formula is C45H39F3O4. The smallest absolute Gasteiger partial charge is 0.389 e. The van der Waals surface area contributed by atoms with Crippen molar-refractivity contribution in [3.63, 3.8) is 0 Å². The quantitative estimate of drug-likeness (QED) is 0.0811. The lowest BCUT2D eigenvalue weighted by atomic mass is 9.78.